The number of aromatic nitrogens is 2. The number of rotatable bonds is 5. The molecule has 2 rings (SSSR count). The maximum absolute atomic E-state index is 12.4. The van der Waals surface area contributed by atoms with Gasteiger partial charge in [0, 0.05) is 37.2 Å². The second-order valence-electron chi connectivity index (χ2n) is 4.41. The second-order valence-corrected chi connectivity index (χ2v) is 4.41. The van der Waals surface area contributed by atoms with E-state index in [1.807, 2.05) is 0 Å². The highest BCUT2D eigenvalue weighted by Gasteiger charge is 2.31. The van der Waals surface area contributed by atoms with Crippen molar-refractivity contribution in [1.82, 2.24) is 9.97 Å². The standard InChI is InChI=1S/C14H13F3N4O/c1-18-12-3-2-11(6-9(12)4-5-22)21-13-19-7-10(8-20-13)14(15,16)17/h2-3,5-8,18H,4H2,1H3,(H,19,20,21). The maximum atomic E-state index is 12.4. The fraction of sp³-hybridized carbons (Fsp3) is 0.214. The third-order valence-corrected chi connectivity index (χ3v) is 2.91. The Bertz CT molecular complexity index is 656. The molecule has 0 fully saturated rings. The van der Waals surface area contributed by atoms with Gasteiger partial charge in [-0.15, -0.1) is 0 Å². The number of hydrogen-bond acceptors (Lipinski definition) is 5. The van der Waals surface area contributed by atoms with E-state index in [9.17, 15) is 18.0 Å². The molecule has 2 aromatic rings. The lowest BCUT2D eigenvalue weighted by Gasteiger charge is -2.11. The monoisotopic (exact) mass is 310 g/mol. The molecule has 0 aliphatic carbocycles. The van der Waals surface area contributed by atoms with E-state index in [1.165, 1.54) is 0 Å². The Kier molecular flexibility index (Phi) is 4.59. The quantitative estimate of drug-likeness (QED) is 0.831. The van der Waals surface area contributed by atoms with Crippen molar-refractivity contribution in [1.29, 1.82) is 0 Å². The van der Waals surface area contributed by atoms with Gasteiger partial charge in [-0.2, -0.15) is 13.2 Å². The van der Waals surface area contributed by atoms with Crippen molar-refractivity contribution in [2.45, 2.75) is 12.6 Å². The molecule has 5 nitrogen and oxygen atoms in total. The van der Waals surface area contributed by atoms with E-state index in [0.717, 1.165) is 17.5 Å². The van der Waals surface area contributed by atoms with E-state index >= 15 is 0 Å². The molecule has 0 spiro atoms. The van der Waals surface area contributed by atoms with Gasteiger partial charge in [-0.3, -0.25) is 0 Å². The molecule has 116 valence electrons. The Labute approximate surface area is 124 Å². The summed E-state index contributed by atoms with van der Waals surface area (Å²) in [5, 5.41) is 5.75. The lowest BCUT2D eigenvalue weighted by molar-refractivity contribution is -0.138. The first kappa shape index (κ1) is 15.7. The van der Waals surface area contributed by atoms with Gasteiger partial charge in [0.2, 0.25) is 5.95 Å². The number of carbonyl (C=O) groups excluding carboxylic acids is 1. The van der Waals surface area contributed by atoms with Crippen LogP contribution < -0.4 is 10.6 Å². The highest BCUT2D eigenvalue weighted by Crippen LogP contribution is 2.28. The first-order valence-corrected chi connectivity index (χ1v) is 6.34. The van der Waals surface area contributed by atoms with Gasteiger partial charge in [-0.05, 0) is 23.8 Å². The van der Waals surface area contributed by atoms with E-state index in [-0.39, 0.29) is 12.4 Å². The van der Waals surface area contributed by atoms with Gasteiger partial charge in [-0.1, -0.05) is 0 Å². The maximum Gasteiger partial charge on any atom is 0.419 e. The van der Waals surface area contributed by atoms with Crippen LogP contribution in [0.4, 0.5) is 30.5 Å². The smallest absolute Gasteiger partial charge is 0.388 e. The minimum Gasteiger partial charge on any atom is -0.388 e. The van der Waals surface area contributed by atoms with Crippen molar-refractivity contribution < 1.29 is 18.0 Å². The van der Waals surface area contributed by atoms with Crippen molar-refractivity contribution in [3.63, 3.8) is 0 Å². The van der Waals surface area contributed by atoms with Crippen LogP contribution in [-0.4, -0.2) is 23.3 Å². The molecule has 0 aliphatic heterocycles. The van der Waals surface area contributed by atoms with Crippen LogP contribution in [0.1, 0.15) is 11.1 Å². The number of hydrogen-bond donors (Lipinski definition) is 2. The molecule has 0 atom stereocenters. The van der Waals surface area contributed by atoms with Gasteiger partial charge in [-0.25, -0.2) is 9.97 Å². The summed E-state index contributed by atoms with van der Waals surface area (Å²) in [6.07, 6.45) is -2.05. The minimum absolute atomic E-state index is 0.0438. The van der Waals surface area contributed by atoms with E-state index in [1.54, 1.807) is 25.2 Å². The molecule has 0 bridgehead atoms. The zero-order valence-corrected chi connectivity index (χ0v) is 11.6. The third kappa shape index (κ3) is 3.72. The first-order valence-electron chi connectivity index (χ1n) is 6.34. The van der Waals surface area contributed by atoms with E-state index in [0.29, 0.717) is 18.1 Å². The Balaban J connectivity index is 2.20. The Morgan fingerprint density at radius 1 is 1.23 bits per heavy atom. The number of nitrogens with zero attached hydrogens (tertiary/aromatic N) is 2. The topological polar surface area (TPSA) is 66.9 Å². The summed E-state index contributed by atoms with van der Waals surface area (Å²) < 4.78 is 37.3. The number of nitrogens with one attached hydrogen (secondary N) is 2. The molecule has 0 radical (unpaired) electrons. The zero-order valence-electron chi connectivity index (χ0n) is 11.6. The average Bonchev–Trinajstić information content (AvgIpc) is 2.47. The van der Waals surface area contributed by atoms with Gasteiger partial charge < -0.3 is 15.4 Å². The van der Waals surface area contributed by atoms with Gasteiger partial charge in [0.25, 0.3) is 0 Å². The lowest BCUT2D eigenvalue weighted by Crippen LogP contribution is -2.07. The van der Waals surface area contributed by atoms with Crippen molar-refractivity contribution in [3.05, 3.63) is 41.7 Å². The summed E-state index contributed by atoms with van der Waals surface area (Å²) in [6, 6.07) is 5.17. The van der Waals surface area contributed by atoms with Crippen LogP contribution in [0.3, 0.4) is 0 Å². The number of carbonyl (C=O) groups is 1. The Hall–Kier alpha value is -2.64. The summed E-state index contributed by atoms with van der Waals surface area (Å²) in [6.45, 7) is 0. The minimum atomic E-state index is -4.47. The highest BCUT2D eigenvalue weighted by molar-refractivity contribution is 5.68. The van der Waals surface area contributed by atoms with Crippen LogP contribution in [0.5, 0.6) is 0 Å². The molecule has 0 aliphatic rings. The summed E-state index contributed by atoms with van der Waals surface area (Å²) >= 11 is 0. The molecule has 0 amide bonds. The van der Waals surface area contributed by atoms with Gasteiger partial charge >= 0.3 is 6.18 Å². The number of aldehydes is 1. The molecule has 22 heavy (non-hydrogen) atoms. The zero-order chi connectivity index (χ0) is 16.2. The molecule has 1 aromatic heterocycles. The average molecular weight is 310 g/mol. The molecule has 0 saturated heterocycles. The number of halogens is 3. The fourth-order valence-electron chi connectivity index (χ4n) is 1.84. The number of benzene rings is 1. The molecule has 0 saturated carbocycles. The molecule has 0 unspecified atom stereocenters. The molecular formula is C14H13F3N4O. The molecule has 1 heterocycles. The van der Waals surface area contributed by atoms with Gasteiger partial charge in [0.15, 0.2) is 0 Å². The van der Waals surface area contributed by atoms with Gasteiger partial charge in [0.05, 0.1) is 5.56 Å². The molecule has 8 heteroatoms. The predicted octanol–water partition coefficient (Wildman–Crippen LogP) is 3.02. The Morgan fingerprint density at radius 3 is 2.45 bits per heavy atom. The number of anilines is 3. The molecule has 2 N–H and O–H groups in total. The molecular weight excluding hydrogens is 297 g/mol. The highest BCUT2D eigenvalue weighted by atomic mass is 19.4. The second kappa shape index (κ2) is 6.42. The van der Waals surface area contributed by atoms with E-state index in [2.05, 4.69) is 20.6 Å². The van der Waals surface area contributed by atoms with Crippen molar-refractivity contribution in [2.24, 2.45) is 0 Å². The van der Waals surface area contributed by atoms with Crippen LogP contribution in [0.15, 0.2) is 30.6 Å². The van der Waals surface area contributed by atoms with Crippen LogP contribution in [0, 0.1) is 0 Å². The van der Waals surface area contributed by atoms with Crippen LogP contribution in [0.25, 0.3) is 0 Å². The molecule has 1 aromatic carbocycles. The van der Waals surface area contributed by atoms with Crippen molar-refractivity contribution in [2.75, 3.05) is 17.7 Å². The van der Waals surface area contributed by atoms with Crippen LogP contribution in [0.2, 0.25) is 0 Å². The number of alkyl halides is 3. The van der Waals surface area contributed by atoms with Crippen molar-refractivity contribution >= 4 is 23.6 Å². The fourth-order valence-corrected chi connectivity index (χ4v) is 1.84. The first-order chi connectivity index (χ1) is 10.4. The normalized spacial score (nSPS) is 11.1. The predicted molar refractivity (Wildman–Crippen MR) is 76.1 cm³/mol. The largest absolute Gasteiger partial charge is 0.419 e. The summed E-state index contributed by atoms with van der Waals surface area (Å²) in [7, 11) is 1.73. The summed E-state index contributed by atoms with van der Waals surface area (Å²) in [5.41, 5.74) is 1.22. The van der Waals surface area contributed by atoms with E-state index in [4.69, 9.17) is 0 Å². The van der Waals surface area contributed by atoms with Crippen LogP contribution >= 0.6 is 0 Å². The van der Waals surface area contributed by atoms with E-state index < -0.39 is 11.7 Å². The SMILES string of the molecule is CNc1ccc(Nc2ncc(C(F)(F)F)cn2)cc1CC=O. The lowest BCUT2D eigenvalue weighted by atomic mass is 10.1. The Morgan fingerprint density at radius 2 is 1.91 bits per heavy atom. The van der Waals surface area contributed by atoms with Crippen molar-refractivity contribution in [3.8, 4) is 0 Å². The summed E-state index contributed by atoms with van der Waals surface area (Å²) in [4.78, 5) is 17.9. The van der Waals surface area contributed by atoms with Gasteiger partial charge in [0.1, 0.15) is 6.29 Å². The summed E-state index contributed by atoms with van der Waals surface area (Å²) in [5.74, 6) is 0.0438. The van der Waals surface area contributed by atoms with Crippen LogP contribution in [-0.2, 0) is 17.4 Å². The third-order valence-electron chi connectivity index (χ3n) is 2.91.